The molecule has 0 unspecified atom stereocenters. The number of rotatable bonds is 2. The van der Waals surface area contributed by atoms with E-state index in [-0.39, 0.29) is 5.56 Å². The minimum atomic E-state index is -0.132. The highest BCUT2D eigenvalue weighted by Gasteiger charge is 2.08. The number of aromatic nitrogens is 2. The molecule has 0 saturated carbocycles. The monoisotopic (exact) mass is 355 g/mol. The number of aryl methyl sites for hydroxylation is 1. The molecular weight excluding hydrogens is 350 g/mol. The van der Waals surface area contributed by atoms with Crippen LogP contribution in [0.4, 0.5) is 0 Å². The van der Waals surface area contributed by atoms with Crippen LogP contribution in [-0.2, 0) is 6.54 Å². The predicted molar refractivity (Wildman–Crippen MR) is 71.6 cm³/mol. The zero-order valence-corrected chi connectivity index (χ0v) is 11.8. The van der Waals surface area contributed by atoms with E-state index >= 15 is 0 Å². The van der Waals surface area contributed by atoms with Gasteiger partial charge in [-0.05, 0) is 28.1 Å². The van der Waals surface area contributed by atoms with Crippen molar-refractivity contribution in [3.05, 3.63) is 37.8 Å². The Kier molecular flexibility index (Phi) is 3.60. The Labute approximate surface area is 114 Å². The van der Waals surface area contributed by atoms with E-state index in [0.717, 1.165) is 8.95 Å². The highest BCUT2D eigenvalue weighted by Crippen LogP contribution is 2.24. The van der Waals surface area contributed by atoms with Crippen molar-refractivity contribution in [2.24, 2.45) is 0 Å². The van der Waals surface area contributed by atoms with Crippen LogP contribution in [0.5, 0.6) is 0 Å². The highest BCUT2D eigenvalue weighted by molar-refractivity contribution is 9.11. The smallest absolute Gasteiger partial charge is 0.261 e. The average molecular weight is 357 g/mol. The van der Waals surface area contributed by atoms with E-state index < -0.39 is 0 Å². The first-order chi connectivity index (χ1) is 8.13. The van der Waals surface area contributed by atoms with Gasteiger partial charge in [-0.15, -0.1) is 0 Å². The molecule has 1 aromatic carbocycles. The number of nitrogens with zero attached hydrogens (tertiary/aromatic N) is 3. The molecule has 2 rings (SSSR count). The van der Waals surface area contributed by atoms with Gasteiger partial charge in [0.25, 0.3) is 5.56 Å². The molecule has 0 amide bonds. The maximum atomic E-state index is 12.1. The summed E-state index contributed by atoms with van der Waals surface area (Å²) in [6.07, 6.45) is 1.77. The van der Waals surface area contributed by atoms with Crippen molar-refractivity contribution < 1.29 is 0 Å². The van der Waals surface area contributed by atoms with Gasteiger partial charge in [0, 0.05) is 15.5 Å². The van der Waals surface area contributed by atoms with Gasteiger partial charge in [-0.3, -0.25) is 9.36 Å². The Morgan fingerprint density at radius 3 is 2.88 bits per heavy atom. The molecule has 2 aromatic rings. The van der Waals surface area contributed by atoms with E-state index in [4.69, 9.17) is 5.26 Å². The topological polar surface area (TPSA) is 58.7 Å². The van der Waals surface area contributed by atoms with Crippen LogP contribution < -0.4 is 5.56 Å². The lowest BCUT2D eigenvalue weighted by Gasteiger charge is -2.05. The second-order valence-corrected chi connectivity index (χ2v) is 5.21. The summed E-state index contributed by atoms with van der Waals surface area (Å²) in [6.45, 7) is 0.363. The summed E-state index contributed by atoms with van der Waals surface area (Å²) in [5, 5.41) is 9.05. The minimum absolute atomic E-state index is 0.132. The lowest BCUT2D eigenvalue weighted by Crippen LogP contribution is -2.20. The molecule has 0 aliphatic carbocycles. The normalized spacial score (nSPS) is 10.4. The summed E-state index contributed by atoms with van der Waals surface area (Å²) in [4.78, 5) is 16.3. The molecule has 6 heteroatoms. The van der Waals surface area contributed by atoms with Crippen LogP contribution in [0.15, 0.2) is 32.2 Å². The maximum Gasteiger partial charge on any atom is 0.261 e. The summed E-state index contributed by atoms with van der Waals surface area (Å²) in [7, 11) is 0. The van der Waals surface area contributed by atoms with E-state index in [1.54, 1.807) is 6.07 Å². The molecule has 0 spiro atoms. The quantitative estimate of drug-likeness (QED) is 0.831. The molecule has 17 heavy (non-hydrogen) atoms. The van der Waals surface area contributed by atoms with Crippen LogP contribution in [-0.4, -0.2) is 9.55 Å². The van der Waals surface area contributed by atoms with E-state index in [0.29, 0.717) is 23.9 Å². The fourth-order valence-electron chi connectivity index (χ4n) is 1.52. The predicted octanol–water partition coefficient (Wildman–Crippen LogP) is 2.84. The van der Waals surface area contributed by atoms with E-state index in [1.165, 1.54) is 10.9 Å². The van der Waals surface area contributed by atoms with Gasteiger partial charge in [0.2, 0.25) is 0 Å². The van der Waals surface area contributed by atoms with Gasteiger partial charge < -0.3 is 0 Å². The van der Waals surface area contributed by atoms with Crippen molar-refractivity contribution in [3.8, 4) is 6.07 Å². The van der Waals surface area contributed by atoms with Crippen LogP contribution in [0, 0.1) is 11.3 Å². The van der Waals surface area contributed by atoms with Crippen molar-refractivity contribution in [2.45, 2.75) is 13.0 Å². The van der Waals surface area contributed by atoms with Crippen molar-refractivity contribution in [1.29, 1.82) is 5.26 Å². The third-order valence-electron chi connectivity index (χ3n) is 2.31. The van der Waals surface area contributed by atoms with Crippen LogP contribution >= 0.6 is 31.9 Å². The van der Waals surface area contributed by atoms with Gasteiger partial charge in [0.1, 0.15) is 0 Å². The van der Waals surface area contributed by atoms with Crippen molar-refractivity contribution in [3.63, 3.8) is 0 Å². The summed E-state index contributed by atoms with van der Waals surface area (Å²) in [6, 6.07) is 5.58. The number of nitriles is 1. The third-order valence-corrected chi connectivity index (χ3v) is 3.37. The molecule has 0 aliphatic rings. The Hall–Kier alpha value is -1.19. The first-order valence-electron chi connectivity index (χ1n) is 4.84. The van der Waals surface area contributed by atoms with Crippen molar-refractivity contribution >= 4 is 42.8 Å². The highest BCUT2D eigenvalue weighted by atomic mass is 79.9. The number of halogens is 2. The summed E-state index contributed by atoms with van der Waals surface area (Å²) >= 11 is 6.70. The van der Waals surface area contributed by atoms with Crippen LogP contribution in [0.3, 0.4) is 0 Å². The second kappa shape index (κ2) is 4.98. The number of hydrogen-bond donors (Lipinski definition) is 0. The molecule has 0 N–H and O–H groups in total. The molecule has 4 nitrogen and oxygen atoms in total. The number of fused-ring (bicyclic) bond motifs is 1. The van der Waals surface area contributed by atoms with Gasteiger partial charge in [-0.25, -0.2) is 4.98 Å². The van der Waals surface area contributed by atoms with Gasteiger partial charge in [-0.2, -0.15) is 5.26 Å². The van der Waals surface area contributed by atoms with Crippen LogP contribution in [0.1, 0.15) is 6.42 Å². The molecule has 0 saturated heterocycles. The molecule has 0 aliphatic heterocycles. The first-order valence-corrected chi connectivity index (χ1v) is 6.43. The largest absolute Gasteiger partial charge is 0.298 e. The molecule has 1 aromatic heterocycles. The summed E-state index contributed by atoms with van der Waals surface area (Å²) in [5.74, 6) is 0. The summed E-state index contributed by atoms with van der Waals surface area (Å²) in [5.41, 5.74) is 0.499. The Balaban J connectivity index is 2.68. The number of hydrogen-bond acceptors (Lipinski definition) is 3. The van der Waals surface area contributed by atoms with Crippen molar-refractivity contribution in [2.75, 3.05) is 0 Å². The van der Waals surface area contributed by atoms with E-state index in [2.05, 4.69) is 36.8 Å². The summed E-state index contributed by atoms with van der Waals surface area (Å²) < 4.78 is 3.03. The van der Waals surface area contributed by atoms with E-state index in [1.807, 2.05) is 12.1 Å². The molecular formula is C11H7Br2N3O. The molecule has 0 radical (unpaired) electrons. The fraction of sp³-hybridized carbons (Fsp3) is 0.182. The molecule has 0 atom stereocenters. The zero-order chi connectivity index (χ0) is 12.4. The Morgan fingerprint density at radius 2 is 2.18 bits per heavy atom. The van der Waals surface area contributed by atoms with Gasteiger partial charge >= 0.3 is 0 Å². The van der Waals surface area contributed by atoms with Gasteiger partial charge in [-0.1, -0.05) is 15.9 Å². The molecule has 0 bridgehead atoms. The van der Waals surface area contributed by atoms with Crippen LogP contribution in [0.2, 0.25) is 0 Å². The maximum absolute atomic E-state index is 12.1. The van der Waals surface area contributed by atoms with Crippen molar-refractivity contribution in [1.82, 2.24) is 9.55 Å². The lowest BCUT2D eigenvalue weighted by molar-refractivity contribution is 0.678. The molecule has 86 valence electrons. The standard InChI is InChI=1S/C11H7Br2N3O/c12-7-4-8-10(9(13)5-7)15-6-16(11(8)17)3-1-2-14/h4-6H,1,3H2. The Bertz CT molecular complexity index is 673. The van der Waals surface area contributed by atoms with Gasteiger partial charge in [0.15, 0.2) is 0 Å². The SMILES string of the molecule is N#CCCn1cnc2c(Br)cc(Br)cc2c1=O. The van der Waals surface area contributed by atoms with E-state index in [9.17, 15) is 4.79 Å². The third kappa shape index (κ3) is 2.40. The minimum Gasteiger partial charge on any atom is -0.298 e. The average Bonchev–Trinajstić information content (AvgIpc) is 2.29. The fourth-order valence-corrected chi connectivity index (χ4v) is 2.85. The van der Waals surface area contributed by atoms with Crippen LogP contribution in [0.25, 0.3) is 10.9 Å². The second-order valence-electron chi connectivity index (χ2n) is 3.44. The molecule has 1 heterocycles. The Morgan fingerprint density at radius 1 is 1.41 bits per heavy atom. The lowest BCUT2D eigenvalue weighted by atomic mass is 10.2. The van der Waals surface area contributed by atoms with Gasteiger partial charge in [0.05, 0.1) is 29.7 Å². The zero-order valence-electron chi connectivity index (χ0n) is 8.65. The first kappa shape index (κ1) is 12.3. The number of benzene rings is 1. The molecule has 0 fully saturated rings.